The van der Waals surface area contributed by atoms with Crippen LogP contribution in [-0.2, 0) is 5.41 Å². The first kappa shape index (κ1) is 11.5. The zero-order chi connectivity index (χ0) is 12.4. The molecule has 1 saturated carbocycles. The molecule has 0 spiro atoms. The van der Waals surface area contributed by atoms with Crippen LogP contribution >= 0.6 is 0 Å². The Hall–Kier alpha value is -1.54. The summed E-state index contributed by atoms with van der Waals surface area (Å²) in [4.78, 5) is 0. The monoisotopic (exact) mass is 242 g/mol. The predicted molar refractivity (Wildman–Crippen MR) is 70.3 cm³/mol. The fourth-order valence-electron chi connectivity index (χ4n) is 3.22. The highest BCUT2D eigenvalue weighted by Gasteiger charge is 2.43. The van der Waals surface area contributed by atoms with E-state index in [2.05, 4.69) is 12.1 Å². The van der Waals surface area contributed by atoms with Crippen LogP contribution in [0.5, 0.6) is 0 Å². The quantitative estimate of drug-likeness (QED) is 0.887. The van der Waals surface area contributed by atoms with Crippen LogP contribution in [0.15, 0.2) is 53.1 Å². The maximum absolute atomic E-state index is 10.7. The number of hydrogen-bond donors (Lipinski definition) is 1. The molecule has 1 fully saturated rings. The number of aliphatic hydroxyl groups is 1. The zero-order valence-electron chi connectivity index (χ0n) is 10.4. The van der Waals surface area contributed by atoms with Crippen molar-refractivity contribution in [1.82, 2.24) is 0 Å². The van der Waals surface area contributed by atoms with E-state index in [1.54, 1.807) is 6.26 Å². The molecule has 1 N–H and O–H groups in total. The van der Waals surface area contributed by atoms with E-state index in [1.165, 1.54) is 18.4 Å². The van der Waals surface area contributed by atoms with E-state index in [-0.39, 0.29) is 5.41 Å². The first-order valence-corrected chi connectivity index (χ1v) is 6.60. The van der Waals surface area contributed by atoms with E-state index in [9.17, 15) is 5.11 Å². The molecule has 1 aromatic carbocycles. The van der Waals surface area contributed by atoms with Crippen molar-refractivity contribution < 1.29 is 9.52 Å². The van der Waals surface area contributed by atoms with Gasteiger partial charge in [-0.1, -0.05) is 43.2 Å². The average Bonchev–Trinajstić information content (AvgIpc) is 3.11. The van der Waals surface area contributed by atoms with Gasteiger partial charge in [0.1, 0.15) is 11.9 Å². The zero-order valence-corrected chi connectivity index (χ0v) is 10.4. The molecule has 0 aliphatic heterocycles. The Kier molecular flexibility index (Phi) is 2.96. The third kappa shape index (κ3) is 1.77. The standard InChI is InChI=1S/C16H18O2/c17-15(14-9-6-12-18-14)16(10-4-5-11-16)13-7-2-1-3-8-13/h1-3,6-9,12,15,17H,4-5,10-11H2. The second-order valence-corrected chi connectivity index (χ2v) is 5.15. The maximum atomic E-state index is 10.7. The van der Waals surface area contributed by atoms with Crippen molar-refractivity contribution in [3.05, 3.63) is 60.1 Å². The molecule has 1 unspecified atom stereocenters. The Morgan fingerprint density at radius 3 is 2.33 bits per heavy atom. The van der Waals surface area contributed by atoms with Gasteiger partial charge in [-0.25, -0.2) is 0 Å². The van der Waals surface area contributed by atoms with E-state index in [0.29, 0.717) is 5.76 Å². The summed E-state index contributed by atoms with van der Waals surface area (Å²) in [6, 6.07) is 14.1. The molecule has 0 amide bonds. The van der Waals surface area contributed by atoms with Crippen LogP contribution in [0.2, 0.25) is 0 Å². The van der Waals surface area contributed by atoms with Crippen molar-refractivity contribution in [3.8, 4) is 0 Å². The van der Waals surface area contributed by atoms with E-state index in [1.807, 2.05) is 30.3 Å². The number of rotatable bonds is 3. The molecule has 1 aliphatic carbocycles. The SMILES string of the molecule is OC(c1ccco1)C1(c2ccccc2)CCCC1. The van der Waals surface area contributed by atoms with Crippen molar-refractivity contribution in [3.63, 3.8) is 0 Å². The minimum Gasteiger partial charge on any atom is -0.467 e. The third-order valence-electron chi connectivity index (χ3n) is 4.18. The molecule has 0 bridgehead atoms. The lowest BCUT2D eigenvalue weighted by atomic mass is 9.73. The van der Waals surface area contributed by atoms with Gasteiger partial charge in [0.15, 0.2) is 0 Å². The molecule has 1 aromatic heterocycles. The number of benzene rings is 1. The molecule has 18 heavy (non-hydrogen) atoms. The lowest BCUT2D eigenvalue weighted by molar-refractivity contribution is 0.0620. The lowest BCUT2D eigenvalue weighted by Crippen LogP contribution is -2.30. The van der Waals surface area contributed by atoms with Crippen molar-refractivity contribution in [2.75, 3.05) is 0 Å². The highest BCUT2D eigenvalue weighted by Crippen LogP contribution is 2.49. The van der Waals surface area contributed by atoms with Crippen molar-refractivity contribution >= 4 is 0 Å². The molecule has 2 aromatic rings. The normalized spacial score (nSPS) is 19.8. The Morgan fingerprint density at radius 1 is 1.00 bits per heavy atom. The first-order chi connectivity index (χ1) is 8.83. The first-order valence-electron chi connectivity index (χ1n) is 6.60. The molecule has 0 saturated heterocycles. The molecule has 1 atom stereocenters. The Morgan fingerprint density at radius 2 is 1.72 bits per heavy atom. The largest absolute Gasteiger partial charge is 0.467 e. The van der Waals surface area contributed by atoms with Gasteiger partial charge in [-0.15, -0.1) is 0 Å². The Bertz CT molecular complexity index is 481. The molecule has 0 radical (unpaired) electrons. The van der Waals surface area contributed by atoms with E-state index in [4.69, 9.17) is 4.42 Å². The lowest BCUT2D eigenvalue weighted by Gasteiger charge is -2.33. The fourth-order valence-corrected chi connectivity index (χ4v) is 3.22. The summed E-state index contributed by atoms with van der Waals surface area (Å²) in [7, 11) is 0. The van der Waals surface area contributed by atoms with Gasteiger partial charge in [0.25, 0.3) is 0 Å². The van der Waals surface area contributed by atoms with Gasteiger partial charge in [0.05, 0.1) is 6.26 Å². The molecule has 2 nitrogen and oxygen atoms in total. The molecule has 94 valence electrons. The molecular weight excluding hydrogens is 224 g/mol. The average molecular weight is 242 g/mol. The highest BCUT2D eigenvalue weighted by molar-refractivity contribution is 5.30. The van der Waals surface area contributed by atoms with Gasteiger partial charge < -0.3 is 9.52 Å². The number of aliphatic hydroxyl groups excluding tert-OH is 1. The fraction of sp³-hybridized carbons (Fsp3) is 0.375. The van der Waals surface area contributed by atoms with Crippen molar-refractivity contribution in [2.45, 2.75) is 37.2 Å². The van der Waals surface area contributed by atoms with Crippen LogP contribution in [-0.4, -0.2) is 5.11 Å². The topological polar surface area (TPSA) is 33.4 Å². The molecule has 2 heteroatoms. The van der Waals surface area contributed by atoms with Gasteiger partial charge in [-0.2, -0.15) is 0 Å². The third-order valence-corrected chi connectivity index (χ3v) is 4.18. The summed E-state index contributed by atoms with van der Waals surface area (Å²) >= 11 is 0. The van der Waals surface area contributed by atoms with Gasteiger partial charge in [-0.3, -0.25) is 0 Å². The molecule has 1 heterocycles. The minimum atomic E-state index is -0.544. The Balaban J connectivity index is 2.02. The summed E-state index contributed by atoms with van der Waals surface area (Å²) < 4.78 is 5.40. The van der Waals surface area contributed by atoms with Crippen molar-refractivity contribution in [2.24, 2.45) is 0 Å². The summed E-state index contributed by atoms with van der Waals surface area (Å²) in [5, 5.41) is 10.7. The van der Waals surface area contributed by atoms with Gasteiger partial charge in [0.2, 0.25) is 0 Å². The van der Waals surface area contributed by atoms with Crippen LogP contribution in [0.25, 0.3) is 0 Å². The highest BCUT2D eigenvalue weighted by atomic mass is 16.4. The molecular formula is C16H18O2. The van der Waals surface area contributed by atoms with Gasteiger partial charge >= 0.3 is 0 Å². The summed E-state index contributed by atoms with van der Waals surface area (Å²) in [5.74, 6) is 0.681. The smallest absolute Gasteiger partial charge is 0.133 e. The second-order valence-electron chi connectivity index (χ2n) is 5.15. The predicted octanol–water partition coefficient (Wildman–Crippen LogP) is 3.83. The summed E-state index contributed by atoms with van der Waals surface area (Å²) in [6.07, 6.45) is 5.49. The minimum absolute atomic E-state index is 0.168. The van der Waals surface area contributed by atoms with Crippen molar-refractivity contribution in [1.29, 1.82) is 0 Å². The van der Waals surface area contributed by atoms with E-state index >= 15 is 0 Å². The van der Waals surface area contributed by atoms with Gasteiger partial charge in [-0.05, 0) is 30.5 Å². The molecule has 3 rings (SSSR count). The number of furan rings is 1. The van der Waals surface area contributed by atoms with E-state index in [0.717, 1.165) is 12.8 Å². The van der Waals surface area contributed by atoms with Crippen LogP contribution in [0.3, 0.4) is 0 Å². The molecule has 1 aliphatic rings. The maximum Gasteiger partial charge on any atom is 0.133 e. The van der Waals surface area contributed by atoms with Gasteiger partial charge in [0, 0.05) is 5.41 Å². The van der Waals surface area contributed by atoms with Crippen LogP contribution in [0.4, 0.5) is 0 Å². The summed E-state index contributed by atoms with van der Waals surface area (Å²) in [6.45, 7) is 0. The van der Waals surface area contributed by atoms with Crippen LogP contribution in [0.1, 0.15) is 43.1 Å². The number of hydrogen-bond acceptors (Lipinski definition) is 2. The van der Waals surface area contributed by atoms with Crippen LogP contribution in [0, 0.1) is 0 Å². The second kappa shape index (κ2) is 4.62. The van der Waals surface area contributed by atoms with E-state index < -0.39 is 6.10 Å². The summed E-state index contributed by atoms with van der Waals surface area (Å²) in [5.41, 5.74) is 1.06. The Labute approximate surface area is 107 Å². The van der Waals surface area contributed by atoms with Crippen LogP contribution < -0.4 is 0 Å².